The molecule has 17 heavy (non-hydrogen) atoms. The molecule has 0 spiro atoms. The molecule has 0 aliphatic heterocycles. The van der Waals surface area contributed by atoms with Crippen LogP contribution in [-0.2, 0) is 6.54 Å². The molecular formula is C11H13N3O2S. The van der Waals surface area contributed by atoms with E-state index < -0.39 is 5.97 Å². The Hall–Kier alpha value is -1.69. The first-order valence-corrected chi connectivity index (χ1v) is 6.18. The molecule has 0 atom stereocenters. The molecular weight excluding hydrogens is 238 g/mol. The first-order valence-electron chi connectivity index (χ1n) is 5.30. The van der Waals surface area contributed by atoms with E-state index in [9.17, 15) is 4.79 Å². The van der Waals surface area contributed by atoms with Gasteiger partial charge in [0.25, 0.3) is 0 Å². The summed E-state index contributed by atoms with van der Waals surface area (Å²) in [5.41, 5.74) is 0.620. The van der Waals surface area contributed by atoms with Crippen molar-refractivity contribution in [3.63, 3.8) is 0 Å². The van der Waals surface area contributed by atoms with Crippen molar-refractivity contribution in [3.8, 4) is 10.6 Å². The van der Waals surface area contributed by atoms with Crippen molar-refractivity contribution in [1.29, 1.82) is 0 Å². The lowest BCUT2D eigenvalue weighted by molar-refractivity contribution is 0.0691. The Morgan fingerprint density at radius 3 is 2.88 bits per heavy atom. The fourth-order valence-electron chi connectivity index (χ4n) is 1.59. The highest BCUT2D eigenvalue weighted by Crippen LogP contribution is 2.27. The molecule has 0 fully saturated rings. The normalized spacial score (nSPS) is 11.0. The number of rotatable bonds is 4. The molecule has 0 unspecified atom stereocenters. The van der Waals surface area contributed by atoms with Crippen molar-refractivity contribution in [1.82, 2.24) is 15.0 Å². The number of carboxylic acids is 1. The van der Waals surface area contributed by atoms with Gasteiger partial charge in [-0.15, -0.1) is 16.4 Å². The zero-order valence-electron chi connectivity index (χ0n) is 9.62. The van der Waals surface area contributed by atoms with Crippen LogP contribution in [0.3, 0.4) is 0 Å². The minimum atomic E-state index is -1.04. The molecule has 6 heteroatoms. The van der Waals surface area contributed by atoms with Crippen molar-refractivity contribution in [2.24, 2.45) is 5.92 Å². The number of aromatic carboxylic acids is 1. The van der Waals surface area contributed by atoms with Gasteiger partial charge in [-0.25, -0.2) is 9.48 Å². The Bertz CT molecular complexity index is 517. The van der Waals surface area contributed by atoms with Crippen LogP contribution >= 0.6 is 11.3 Å². The van der Waals surface area contributed by atoms with E-state index in [1.807, 2.05) is 17.5 Å². The van der Waals surface area contributed by atoms with Gasteiger partial charge >= 0.3 is 5.97 Å². The van der Waals surface area contributed by atoms with Gasteiger partial charge in [0.1, 0.15) is 5.69 Å². The molecule has 0 aliphatic carbocycles. The van der Waals surface area contributed by atoms with E-state index in [1.165, 1.54) is 11.3 Å². The molecule has 0 aliphatic rings. The van der Waals surface area contributed by atoms with Crippen molar-refractivity contribution >= 4 is 17.3 Å². The molecule has 0 bridgehead atoms. The number of aromatic nitrogens is 3. The molecule has 1 N–H and O–H groups in total. The number of hydrogen-bond acceptors (Lipinski definition) is 4. The van der Waals surface area contributed by atoms with Gasteiger partial charge in [-0.2, -0.15) is 0 Å². The average Bonchev–Trinajstić information content (AvgIpc) is 2.83. The van der Waals surface area contributed by atoms with Gasteiger partial charge < -0.3 is 5.11 Å². The lowest BCUT2D eigenvalue weighted by atomic mass is 10.2. The third kappa shape index (κ3) is 2.36. The van der Waals surface area contributed by atoms with Crippen LogP contribution in [0.15, 0.2) is 17.5 Å². The number of hydrogen-bond donors (Lipinski definition) is 1. The van der Waals surface area contributed by atoms with Crippen LogP contribution in [0.25, 0.3) is 10.6 Å². The predicted octanol–water partition coefficient (Wildman–Crippen LogP) is 2.36. The van der Waals surface area contributed by atoms with E-state index in [2.05, 4.69) is 24.2 Å². The van der Waals surface area contributed by atoms with Gasteiger partial charge in [0.05, 0.1) is 4.88 Å². The van der Waals surface area contributed by atoms with Crippen molar-refractivity contribution in [3.05, 3.63) is 23.2 Å². The highest BCUT2D eigenvalue weighted by Gasteiger charge is 2.21. The van der Waals surface area contributed by atoms with Crippen LogP contribution in [0.1, 0.15) is 24.3 Å². The molecule has 5 nitrogen and oxygen atoms in total. The summed E-state index contributed by atoms with van der Waals surface area (Å²) in [6.45, 7) is 4.77. The van der Waals surface area contributed by atoms with Gasteiger partial charge in [-0.05, 0) is 17.4 Å². The first kappa shape index (κ1) is 11.8. The third-order valence-electron chi connectivity index (χ3n) is 2.23. The quantitative estimate of drug-likeness (QED) is 0.905. The zero-order chi connectivity index (χ0) is 12.4. The predicted molar refractivity (Wildman–Crippen MR) is 65.1 cm³/mol. The van der Waals surface area contributed by atoms with Crippen LogP contribution in [0.2, 0.25) is 0 Å². The van der Waals surface area contributed by atoms with Gasteiger partial charge in [-0.1, -0.05) is 25.1 Å². The van der Waals surface area contributed by atoms with Crippen LogP contribution in [0.4, 0.5) is 0 Å². The molecule has 2 aromatic rings. The summed E-state index contributed by atoms with van der Waals surface area (Å²) < 4.78 is 1.67. The lowest BCUT2D eigenvalue weighted by Crippen LogP contribution is -2.08. The Labute approximate surface area is 103 Å². The van der Waals surface area contributed by atoms with Gasteiger partial charge in [0.15, 0.2) is 5.69 Å². The summed E-state index contributed by atoms with van der Waals surface area (Å²) in [7, 11) is 0. The Morgan fingerprint density at radius 2 is 2.35 bits per heavy atom. The first-order chi connectivity index (χ1) is 8.09. The maximum atomic E-state index is 11.1. The molecule has 0 radical (unpaired) electrons. The summed E-state index contributed by atoms with van der Waals surface area (Å²) in [6.07, 6.45) is 0. The van der Waals surface area contributed by atoms with E-state index in [4.69, 9.17) is 5.11 Å². The van der Waals surface area contributed by atoms with Gasteiger partial charge in [0.2, 0.25) is 0 Å². The molecule has 0 saturated carbocycles. The maximum absolute atomic E-state index is 11.1. The van der Waals surface area contributed by atoms with E-state index in [0.717, 1.165) is 4.88 Å². The van der Waals surface area contributed by atoms with Crippen LogP contribution < -0.4 is 0 Å². The monoisotopic (exact) mass is 251 g/mol. The molecule has 90 valence electrons. The molecule has 0 aromatic carbocycles. The summed E-state index contributed by atoms with van der Waals surface area (Å²) in [6, 6.07) is 3.77. The van der Waals surface area contributed by atoms with Gasteiger partial charge in [0, 0.05) is 6.54 Å². The third-order valence-corrected chi connectivity index (χ3v) is 3.11. The minimum Gasteiger partial charge on any atom is -0.476 e. The minimum absolute atomic E-state index is 0.0214. The van der Waals surface area contributed by atoms with E-state index in [0.29, 0.717) is 18.2 Å². The topological polar surface area (TPSA) is 68.0 Å². The Morgan fingerprint density at radius 1 is 1.59 bits per heavy atom. The smallest absolute Gasteiger partial charge is 0.358 e. The van der Waals surface area contributed by atoms with Crippen LogP contribution in [0.5, 0.6) is 0 Å². The van der Waals surface area contributed by atoms with E-state index in [-0.39, 0.29) is 5.69 Å². The number of nitrogens with zero attached hydrogens (tertiary/aromatic N) is 3. The van der Waals surface area contributed by atoms with Crippen LogP contribution in [-0.4, -0.2) is 26.1 Å². The van der Waals surface area contributed by atoms with Crippen LogP contribution in [0, 0.1) is 5.92 Å². The average molecular weight is 251 g/mol. The summed E-state index contributed by atoms with van der Waals surface area (Å²) >= 11 is 1.49. The second-order valence-corrected chi connectivity index (χ2v) is 5.09. The molecule has 0 saturated heterocycles. The standard InChI is InChI=1S/C11H13N3O2S/c1-7(2)6-14-10(8-4-3-5-17-8)9(11(15)16)12-13-14/h3-5,7H,6H2,1-2H3,(H,15,16). The number of carboxylic acid groups (broad SMARTS) is 1. The van der Waals surface area contributed by atoms with Crippen molar-refractivity contribution in [2.45, 2.75) is 20.4 Å². The number of thiophene rings is 1. The van der Waals surface area contributed by atoms with E-state index in [1.54, 1.807) is 4.68 Å². The molecule has 2 aromatic heterocycles. The fraction of sp³-hybridized carbons (Fsp3) is 0.364. The molecule has 0 amide bonds. The number of carbonyl (C=O) groups is 1. The SMILES string of the molecule is CC(C)Cn1nnc(C(=O)O)c1-c1cccs1. The van der Waals surface area contributed by atoms with E-state index >= 15 is 0 Å². The van der Waals surface area contributed by atoms with Crippen molar-refractivity contribution in [2.75, 3.05) is 0 Å². The zero-order valence-corrected chi connectivity index (χ0v) is 10.4. The summed E-state index contributed by atoms with van der Waals surface area (Å²) in [5.74, 6) is -0.652. The highest BCUT2D eigenvalue weighted by atomic mass is 32.1. The Kier molecular flexibility index (Phi) is 3.23. The molecule has 2 rings (SSSR count). The lowest BCUT2D eigenvalue weighted by Gasteiger charge is -2.07. The summed E-state index contributed by atoms with van der Waals surface area (Å²) in [4.78, 5) is 12.0. The second kappa shape index (κ2) is 4.67. The van der Waals surface area contributed by atoms with Gasteiger partial charge in [-0.3, -0.25) is 0 Å². The fourth-order valence-corrected chi connectivity index (χ4v) is 2.36. The summed E-state index contributed by atoms with van der Waals surface area (Å²) in [5, 5.41) is 18.7. The molecule has 2 heterocycles. The largest absolute Gasteiger partial charge is 0.476 e. The second-order valence-electron chi connectivity index (χ2n) is 4.15. The highest BCUT2D eigenvalue weighted by molar-refractivity contribution is 7.13. The van der Waals surface area contributed by atoms with Crippen molar-refractivity contribution < 1.29 is 9.90 Å². The maximum Gasteiger partial charge on any atom is 0.358 e. The Balaban J connectivity index is 2.51.